The second-order valence-corrected chi connectivity index (χ2v) is 15.2. The summed E-state index contributed by atoms with van der Waals surface area (Å²) in [5.41, 5.74) is -0.685. The Morgan fingerprint density at radius 3 is 1.12 bits per heavy atom. The van der Waals surface area contributed by atoms with Gasteiger partial charge in [-0.15, -0.1) is 0 Å². The summed E-state index contributed by atoms with van der Waals surface area (Å²) in [6, 6.07) is -0.956. The summed E-state index contributed by atoms with van der Waals surface area (Å²) >= 11 is 0. The van der Waals surface area contributed by atoms with Crippen LogP contribution in [0.25, 0.3) is 0 Å². The molecule has 0 spiro atoms. The van der Waals surface area contributed by atoms with Gasteiger partial charge in [0.05, 0.1) is 6.42 Å². The van der Waals surface area contributed by atoms with Gasteiger partial charge in [-0.1, -0.05) is 181 Å². The van der Waals surface area contributed by atoms with Gasteiger partial charge in [-0.3, -0.25) is 9.59 Å². The van der Waals surface area contributed by atoms with Crippen molar-refractivity contribution in [3.63, 3.8) is 0 Å². The minimum absolute atomic E-state index is 0.0948. The standard InChI is InChI=1S/C41H81N3O4/c1-6-8-10-12-14-16-18-20-22-24-26-28-30-32-34-42-38(45)36-37(44-40(47)48-41(3,4)5)39(46)43-35-33-31-29-27-25-23-21-19-17-15-13-11-9-7-2/h37H,6-36H2,1-5H3,(H,42,45)(H,43,46)(H,44,47)/t37-/m0/s1. The summed E-state index contributed by atoms with van der Waals surface area (Å²) in [7, 11) is 0. The quantitative estimate of drug-likeness (QED) is 0.0590. The van der Waals surface area contributed by atoms with Crippen LogP contribution in [-0.4, -0.2) is 42.6 Å². The topological polar surface area (TPSA) is 96.5 Å². The molecule has 0 heterocycles. The molecule has 0 aliphatic heterocycles. The van der Waals surface area contributed by atoms with Crippen molar-refractivity contribution in [1.29, 1.82) is 0 Å². The predicted molar refractivity (Wildman–Crippen MR) is 204 cm³/mol. The number of amides is 3. The van der Waals surface area contributed by atoms with Gasteiger partial charge in [-0.2, -0.15) is 0 Å². The molecule has 3 N–H and O–H groups in total. The third kappa shape index (κ3) is 34.1. The molecule has 0 aliphatic rings. The van der Waals surface area contributed by atoms with E-state index in [2.05, 4.69) is 29.8 Å². The third-order valence-electron chi connectivity index (χ3n) is 9.08. The van der Waals surface area contributed by atoms with Gasteiger partial charge >= 0.3 is 6.09 Å². The number of carbonyl (C=O) groups is 3. The average Bonchev–Trinajstić information content (AvgIpc) is 3.03. The van der Waals surface area contributed by atoms with Crippen LogP contribution in [0.5, 0.6) is 0 Å². The number of carbonyl (C=O) groups excluding carboxylic acids is 3. The lowest BCUT2D eigenvalue weighted by Crippen LogP contribution is -2.50. The monoisotopic (exact) mass is 680 g/mol. The normalized spacial score (nSPS) is 12.1. The van der Waals surface area contributed by atoms with Crippen LogP contribution in [0, 0.1) is 0 Å². The molecule has 48 heavy (non-hydrogen) atoms. The maximum absolute atomic E-state index is 13.0. The zero-order chi connectivity index (χ0) is 35.6. The van der Waals surface area contributed by atoms with Gasteiger partial charge < -0.3 is 20.7 Å². The van der Waals surface area contributed by atoms with Crippen LogP contribution in [0.4, 0.5) is 4.79 Å². The van der Waals surface area contributed by atoms with Crippen LogP contribution in [-0.2, 0) is 14.3 Å². The molecule has 0 saturated heterocycles. The molecule has 0 aromatic rings. The lowest BCUT2D eigenvalue weighted by Gasteiger charge is -2.23. The Labute approximate surface area is 298 Å². The number of alkyl carbamates (subject to hydrolysis) is 1. The molecule has 0 aromatic heterocycles. The van der Waals surface area contributed by atoms with E-state index in [1.54, 1.807) is 20.8 Å². The largest absolute Gasteiger partial charge is 0.444 e. The summed E-state index contributed by atoms with van der Waals surface area (Å²) in [5.74, 6) is -0.556. The van der Waals surface area contributed by atoms with E-state index in [1.807, 2.05) is 0 Å². The minimum Gasteiger partial charge on any atom is -0.444 e. The number of unbranched alkanes of at least 4 members (excludes halogenated alkanes) is 26. The fourth-order valence-electron chi connectivity index (χ4n) is 6.12. The SMILES string of the molecule is CCCCCCCCCCCCCCCCNC(=O)C[C@H](NC(=O)OC(C)(C)C)C(=O)NCCCCCCCCCCCCCCCC. The van der Waals surface area contributed by atoms with Crippen LogP contribution in [0.15, 0.2) is 0 Å². The first-order valence-corrected chi connectivity index (χ1v) is 20.7. The van der Waals surface area contributed by atoms with E-state index in [4.69, 9.17) is 4.74 Å². The second-order valence-electron chi connectivity index (χ2n) is 15.2. The molecule has 7 heteroatoms. The Balaban J connectivity index is 4.10. The van der Waals surface area contributed by atoms with Crippen LogP contribution in [0.2, 0.25) is 0 Å². The summed E-state index contributed by atoms with van der Waals surface area (Å²) < 4.78 is 5.36. The van der Waals surface area contributed by atoms with Gasteiger partial charge in [0, 0.05) is 13.1 Å². The first kappa shape index (κ1) is 46.2. The Kier molecular flexibility index (Phi) is 32.4. The van der Waals surface area contributed by atoms with Crippen LogP contribution >= 0.6 is 0 Å². The van der Waals surface area contributed by atoms with Crippen molar-refractivity contribution in [2.75, 3.05) is 13.1 Å². The molecule has 0 unspecified atom stereocenters. The number of nitrogens with one attached hydrogen (secondary N) is 3. The van der Waals surface area contributed by atoms with Crippen LogP contribution in [0.1, 0.15) is 221 Å². The highest BCUT2D eigenvalue weighted by atomic mass is 16.6. The second kappa shape index (κ2) is 33.7. The summed E-state index contributed by atoms with van der Waals surface area (Å²) in [4.78, 5) is 38.1. The molecule has 3 amide bonds. The van der Waals surface area contributed by atoms with E-state index in [9.17, 15) is 14.4 Å². The Bertz CT molecular complexity index is 752. The number of rotatable bonds is 34. The molecule has 0 aromatic carbocycles. The van der Waals surface area contributed by atoms with Crippen LogP contribution in [0.3, 0.4) is 0 Å². The van der Waals surface area contributed by atoms with Gasteiger partial charge in [0.1, 0.15) is 11.6 Å². The predicted octanol–water partition coefficient (Wildman–Crippen LogP) is 11.5. The van der Waals surface area contributed by atoms with Crippen LogP contribution < -0.4 is 16.0 Å². The van der Waals surface area contributed by atoms with Gasteiger partial charge in [0.2, 0.25) is 11.8 Å². The molecule has 0 saturated carbocycles. The van der Waals surface area contributed by atoms with Crippen molar-refractivity contribution in [2.45, 2.75) is 232 Å². The number of ether oxygens (including phenoxy) is 1. The van der Waals surface area contributed by atoms with Gasteiger partial charge in [0.15, 0.2) is 0 Å². The first-order chi connectivity index (χ1) is 23.2. The zero-order valence-electron chi connectivity index (χ0n) is 32.6. The third-order valence-corrected chi connectivity index (χ3v) is 9.08. The highest BCUT2D eigenvalue weighted by Crippen LogP contribution is 2.14. The van der Waals surface area contributed by atoms with E-state index >= 15 is 0 Å². The molecule has 0 bridgehead atoms. The highest BCUT2D eigenvalue weighted by Gasteiger charge is 2.26. The summed E-state index contributed by atoms with van der Waals surface area (Å²) in [5, 5.41) is 8.50. The van der Waals surface area contributed by atoms with Gasteiger partial charge in [-0.05, 0) is 33.6 Å². The van der Waals surface area contributed by atoms with Crippen molar-refractivity contribution in [2.24, 2.45) is 0 Å². The van der Waals surface area contributed by atoms with E-state index in [0.717, 1.165) is 25.7 Å². The van der Waals surface area contributed by atoms with E-state index < -0.39 is 17.7 Å². The summed E-state index contributed by atoms with van der Waals surface area (Å²) in [6.07, 6.45) is 35.3. The molecule has 1 atom stereocenters. The molecule has 7 nitrogen and oxygen atoms in total. The van der Waals surface area contributed by atoms with Gasteiger partial charge in [0.25, 0.3) is 0 Å². The maximum Gasteiger partial charge on any atom is 0.408 e. The Morgan fingerprint density at radius 2 is 0.792 bits per heavy atom. The van der Waals surface area contributed by atoms with Crippen molar-refractivity contribution < 1.29 is 19.1 Å². The molecular formula is C41H81N3O4. The van der Waals surface area contributed by atoms with Crippen molar-refractivity contribution in [3.05, 3.63) is 0 Å². The van der Waals surface area contributed by atoms with Crippen molar-refractivity contribution in [1.82, 2.24) is 16.0 Å². The lowest BCUT2D eigenvalue weighted by atomic mass is 10.0. The number of hydrogen-bond acceptors (Lipinski definition) is 4. The molecular weight excluding hydrogens is 598 g/mol. The van der Waals surface area contributed by atoms with E-state index in [-0.39, 0.29) is 18.2 Å². The molecule has 0 fully saturated rings. The minimum atomic E-state index is -0.956. The average molecular weight is 680 g/mol. The fourth-order valence-corrected chi connectivity index (χ4v) is 6.12. The first-order valence-electron chi connectivity index (χ1n) is 20.7. The number of hydrogen-bond donors (Lipinski definition) is 3. The summed E-state index contributed by atoms with van der Waals surface area (Å²) in [6.45, 7) is 11.0. The van der Waals surface area contributed by atoms with Crippen molar-refractivity contribution >= 4 is 17.9 Å². The fraction of sp³-hybridized carbons (Fsp3) is 0.927. The van der Waals surface area contributed by atoms with E-state index in [0.29, 0.717) is 13.1 Å². The van der Waals surface area contributed by atoms with Crippen molar-refractivity contribution in [3.8, 4) is 0 Å². The molecule has 284 valence electrons. The zero-order valence-corrected chi connectivity index (χ0v) is 32.6. The molecule has 0 rings (SSSR count). The molecule has 0 aliphatic carbocycles. The van der Waals surface area contributed by atoms with E-state index in [1.165, 1.54) is 154 Å². The highest BCUT2D eigenvalue weighted by molar-refractivity contribution is 5.90. The lowest BCUT2D eigenvalue weighted by molar-refractivity contribution is -0.128. The maximum atomic E-state index is 13.0. The van der Waals surface area contributed by atoms with Gasteiger partial charge in [-0.25, -0.2) is 4.79 Å². The Morgan fingerprint density at radius 1 is 0.479 bits per heavy atom. The molecule has 0 radical (unpaired) electrons. The smallest absolute Gasteiger partial charge is 0.408 e. The Hall–Kier alpha value is -1.79.